The number of carbonyl (C=O) groups is 1. The molecular formula is C15H23N5O. The number of benzene rings is 1. The summed E-state index contributed by atoms with van der Waals surface area (Å²) in [4.78, 5) is 14.9. The third-order valence-corrected chi connectivity index (χ3v) is 3.52. The van der Waals surface area contributed by atoms with Crippen molar-refractivity contribution in [1.82, 2.24) is 10.6 Å². The molecule has 0 aliphatic rings. The summed E-state index contributed by atoms with van der Waals surface area (Å²) in [7, 11) is 1.86. The summed E-state index contributed by atoms with van der Waals surface area (Å²) in [5.41, 5.74) is 9.24. The van der Waals surface area contributed by atoms with Gasteiger partial charge in [-0.15, -0.1) is 0 Å². The van der Waals surface area contributed by atoms with Gasteiger partial charge in [0.05, 0.1) is 5.54 Å². The van der Waals surface area contributed by atoms with Crippen molar-refractivity contribution in [3.8, 4) is 0 Å². The molecule has 0 aliphatic heterocycles. The molecule has 1 rings (SSSR count). The Kier molecular flexibility index (Phi) is 5.35. The Morgan fingerprint density at radius 1 is 1.24 bits per heavy atom. The minimum atomic E-state index is -0.627. The maximum absolute atomic E-state index is 12.1. The number of amides is 1. The molecule has 1 amide bonds. The lowest BCUT2D eigenvalue weighted by Crippen LogP contribution is -2.47. The van der Waals surface area contributed by atoms with Gasteiger partial charge in [0.2, 0.25) is 0 Å². The topological polar surface area (TPSA) is 89.9 Å². The van der Waals surface area contributed by atoms with Gasteiger partial charge in [0, 0.05) is 22.6 Å². The molecule has 6 heteroatoms. The third-order valence-electron chi connectivity index (χ3n) is 3.52. The van der Waals surface area contributed by atoms with Crippen LogP contribution in [0.25, 0.3) is 10.4 Å². The highest BCUT2D eigenvalue weighted by Gasteiger charge is 2.20. The van der Waals surface area contributed by atoms with Crippen LogP contribution in [-0.4, -0.2) is 25.0 Å². The zero-order valence-electron chi connectivity index (χ0n) is 13.3. The first kappa shape index (κ1) is 17.0. The number of hydrogen-bond donors (Lipinski definition) is 2. The second kappa shape index (κ2) is 6.61. The van der Waals surface area contributed by atoms with E-state index in [4.69, 9.17) is 5.53 Å². The van der Waals surface area contributed by atoms with Crippen molar-refractivity contribution in [2.75, 3.05) is 13.6 Å². The van der Waals surface area contributed by atoms with Crippen LogP contribution in [0.1, 0.15) is 43.6 Å². The molecule has 6 nitrogen and oxygen atoms in total. The van der Waals surface area contributed by atoms with E-state index in [0.717, 1.165) is 5.56 Å². The highest BCUT2D eigenvalue weighted by atomic mass is 16.1. The largest absolute Gasteiger partial charge is 0.350 e. The maximum atomic E-state index is 12.1. The number of carbonyl (C=O) groups excluding carboxylic acids is 1. The molecule has 0 fully saturated rings. The minimum Gasteiger partial charge on any atom is -0.350 e. The van der Waals surface area contributed by atoms with Crippen molar-refractivity contribution in [2.24, 2.45) is 5.11 Å². The van der Waals surface area contributed by atoms with Gasteiger partial charge in [-0.2, -0.15) is 0 Å². The first-order valence-electron chi connectivity index (χ1n) is 6.86. The van der Waals surface area contributed by atoms with Gasteiger partial charge in [-0.05, 0) is 44.1 Å². The van der Waals surface area contributed by atoms with Crippen LogP contribution in [0.5, 0.6) is 0 Å². The SMILES string of the molecule is CNC(C)(C)CNC(=O)c1ccc(C(C)(C)N=[N+]=[N-])cc1. The highest BCUT2D eigenvalue weighted by molar-refractivity contribution is 5.94. The molecule has 0 unspecified atom stereocenters. The Morgan fingerprint density at radius 3 is 2.29 bits per heavy atom. The van der Waals surface area contributed by atoms with Gasteiger partial charge in [0.1, 0.15) is 0 Å². The lowest BCUT2D eigenvalue weighted by atomic mass is 9.94. The predicted molar refractivity (Wildman–Crippen MR) is 84.1 cm³/mol. The van der Waals surface area contributed by atoms with Gasteiger partial charge in [0.25, 0.3) is 5.91 Å². The molecule has 2 N–H and O–H groups in total. The average Bonchev–Trinajstić information content (AvgIpc) is 2.45. The number of rotatable bonds is 6. The van der Waals surface area contributed by atoms with Gasteiger partial charge in [-0.1, -0.05) is 31.1 Å². The first-order valence-corrected chi connectivity index (χ1v) is 6.86. The third kappa shape index (κ3) is 4.77. The fourth-order valence-electron chi connectivity index (χ4n) is 1.69. The van der Waals surface area contributed by atoms with E-state index in [1.165, 1.54) is 0 Å². The average molecular weight is 289 g/mol. The van der Waals surface area contributed by atoms with Crippen LogP contribution in [0.4, 0.5) is 0 Å². The van der Waals surface area contributed by atoms with Gasteiger partial charge in [0.15, 0.2) is 0 Å². The molecule has 21 heavy (non-hydrogen) atoms. The monoisotopic (exact) mass is 289 g/mol. The second-order valence-corrected chi connectivity index (χ2v) is 6.14. The van der Waals surface area contributed by atoms with E-state index in [9.17, 15) is 4.79 Å². The second-order valence-electron chi connectivity index (χ2n) is 6.14. The van der Waals surface area contributed by atoms with E-state index < -0.39 is 5.54 Å². The standard InChI is InChI=1S/C15H23N5O/c1-14(2,17-5)10-18-13(21)11-6-8-12(9-7-11)15(3,4)19-20-16/h6-9,17H,10H2,1-5H3,(H,18,21). The number of hydrogen-bond acceptors (Lipinski definition) is 3. The number of likely N-dealkylation sites (N-methyl/N-ethyl adjacent to an activating group) is 1. The van der Waals surface area contributed by atoms with Gasteiger partial charge >= 0.3 is 0 Å². The quantitative estimate of drug-likeness (QED) is 0.479. The van der Waals surface area contributed by atoms with Gasteiger partial charge < -0.3 is 10.6 Å². The van der Waals surface area contributed by atoms with E-state index in [-0.39, 0.29) is 11.4 Å². The van der Waals surface area contributed by atoms with Crippen LogP contribution in [0.2, 0.25) is 0 Å². The van der Waals surface area contributed by atoms with E-state index in [1.54, 1.807) is 12.1 Å². The number of nitrogens with zero attached hydrogens (tertiary/aromatic N) is 3. The number of azide groups is 1. The fraction of sp³-hybridized carbons (Fsp3) is 0.533. The molecule has 0 bridgehead atoms. The van der Waals surface area contributed by atoms with Crippen LogP contribution in [-0.2, 0) is 5.54 Å². The summed E-state index contributed by atoms with van der Waals surface area (Å²) in [5, 5.41) is 9.77. The van der Waals surface area contributed by atoms with Crippen LogP contribution in [0, 0.1) is 0 Å². The molecule has 0 spiro atoms. The van der Waals surface area contributed by atoms with Gasteiger partial charge in [-0.25, -0.2) is 0 Å². The summed E-state index contributed by atoms with van der Waals surface area (Å²) in [6.07, 6.45) is 0. The highest BCUT2D eigenvalue weighted by Crippen LogP contribution is 2.25. The van der Waals surface area contributed by atoms with Crippen molar-refractivity contribution < 1.29 is 4.79 Å². The molecule has 0 saturated carbocycles. The summed E-state index contributed by atoms with van der Waals surface area (Å²) < 4.78 is 0. The Morgan fingerprint density at radius 2 is 1.81 bits per heavy atom. The normalized spacial score (nSPS) is 11.7. The molecule has 0 saturated heterocycles. The summed E-state index contributed by atoms with van der Waals surface area (Å²) >= 11 is 0. The van der Waals surface area contributed by atoms with Crippen LogP contribution in [0.15, 0.2) is 29.4 Å². The molecule has 0 aliphatic carbocycles. The lowest BCUT2D eigenvalue weighted by Gasteiger charge is -2.24. The maximum Gasteiger partial charge on any atom is 0.251 e. The van der Waals surface area contributed by atoms with Crippen molar-refractivity contribution in [3.05, 3.63) is 45.8 Å². The van der Waals surface area contributed by atoms with Crippen LogP contribution in [0.3, 0.4) is 0 Å². The van der Waals surface area contributed by atoms with E-state index in [1.807, 2.05) is 46.9 Å². The van der Waals surface area contributed by atoms with Crippen LogP contribution >= 0.6 is 0 Å². The Balaban J connectivity index is 2.79. The fourth-order valence-corrected chi connectivity index (χ4v) is 1.69. The van der Waals surface area contributed by atoms with Gasteiger partial charge in [-0.3, -0.25) is 4.79 Å². The predicted octanol–water partition coefficient (Wildman–Crippen LogP) is 2.96. The minimum absolute atomic E-state index is 0.119. The summed E-state index contributed by atoms with van der Waals surface area (Å²) in [6.45, 7) is 8.22. The zero-order chi connectivity index (χ0) is 16.1. The summed E-state index contributed by atoms with van der Waals surface area (Å²) in [6, 6.07) is 7.11. The van der Waals surface area contributed by atoms with Crippen molar-refractivity contribution >= 4 is 5.91 Å². The van der Waals surface area contributed by atoms with E-state index in [0.29, 0.717) is 12.1 Å². The Hall–Kier alpha value is -2.04. The van der Waals surface area contributed by atoms with Crippen molar-refractivity contribution in [1.29, 1.82) is 0 Å². The molecule has 0 atom stereocenters. The molecular weight excluding hydrogens is 266 g/mol. The first-order chi connectivity index (χ1) is 9.72. The molecule has 0 heterocycles. The summed E-state index contributed by atoms with van der Waals surface area (Å²) in [5.74, 6) is -0.119. The van der Waals surface area contributed by atoms with Crippen molar-refractivity contribution in [3.63, 3.8) is 0 Å². The molecule has 1 aromatic carbocycles. The molecule has 114 valence electrons. The van der Waals surface area contributed by atoms with E-state index in [2.05, 4.69) is 20.7 Å². The molecule has 1 aromatic rings. The molecule has 0 radical (unpaired) electrons. The lowest BCUT2D eigenvalue weighted by molar-refractivity contribution is 0.0943. The molecule has 0 aromatic heterocycles. The zero-order valence-corrected chi connectivity index (χ0v) is 13.3. The smallest absolute Gasteiger partial charge is 0.251 e. The Labute approximate surface area is 125 Å². The van der Waals surface area contributed by atoms with Crippen molar-refractivity contribution in [2.45, 2.75) is 38.8 Å². The Bertz CT molecular complexity index is 542. The number of nitrogens with one attached hydrogen (secondary N) is 2. The van der Waals surface area contributed by atoms with Crippen LogP contribution < -0.4 is 10.6 Å². The van der Waals surface area contributed by atoms with E-state index >= 15 is 0 Å².